The average Bonchev–Trinajstić information content (AvgIpc) is 2.38. The van der Waals surface area contributed by atoms with E-state index >= 15 is 0 Å². The van der Waals surface area contributed by atoms with Crippen LogP contribution in [0.25, 0.3) is 0 Å². The van der Waals surface area contributed by atoms with E-state index in [1.54, 1.807) is 0 Å². The number of hydrogen-bond acceptors (Lipinski definition) is 3. The first-order valence-corrected chi connectivity index (χ1v) is 6.90. The minimum Gasteiger partial charge on any atom is -0.479 e. The number of hydrogen-bond donors (Lipinski definition) is 4. The van der Waals surface area contributed by atoms with Crippen LogP contribution in [0.4, 0.5) is 4.79 Å². The van der Waals surface area contributed by atoms with Gasteiger partial charge in [0.2, 0.25) is 0 Å². The molecule has 1 aromatic rings. The van der Waals surface area contributed by atoms with Crippen molar-refractivity contribution in [1.29, 1.82) is 0 Å². The van der Waals surface area contributed by atoms with Crippen LogP contribution in [0.2, 0.25) is 0 Å². The Kier molecular flexibility index (Phi) is 6.47. The molecule has 1 unspecified atom stereocenters. The molecule has 0 aromatic heterocycles. The van der Waals surface area contributed by atoms with Gasteiger partial charge in [0, 0.05) is 17.4 Å². The molecule has 2 amide bonds. The van der Waals surface area contributed by atoms with E-state index in [9.17, 15) is 9.59 Å². The minimum absolute atomic E-state index is 0.0337. The van der Waals surface area contributed by atoms with Crippen molar-refractivity contribution in [1.82, 2.24) is 10.6 Å². The Hall–Kier alpha value is -1.60. The van der Waals surface area contributed by atoms with Crippen LogP contribution in [-0.2, 0) is 4.79 Å². The standard InChI is InChI=1S/C13H17BrN2O4/c1-8(9-3-2-4-10(14)7-9)16-13(20)15-6-5-11(17)12(18)19/h2-4,7-8,11,17H,5-6H2,1H3,(H,18,19)(H2,15,16,20)/t8?,11-/m0/s1. The van der Waals surface area contributed by atoms with Gasteiger partial charge in [0.05, 0.1) is 6.04 Å². The zero-order chi connectivity index (χ0) is 15.1. The first-order chi connectivity index (χ1) is 9.40. The fourth-order valence-corrected chi connectivity index (χ4v) is 1.97. The summed E-state index contributed by atoms with van der Waals surface area (Å²) in [4.78, 5) is 22.0. The Morgan fingerprint density at radius 2 is 2.10 bits per heavy atom. The summed E-state index contributed by atoms with van der Waals surface area (Å²) in [6.45, 7) is 1.93. The maximum absolute atomic E-state index is 11.6. The van der Waals surface area contributed by atoms with Gasteiger partial charge in [-0.1, -0.05) is 28.1 Å². The third kappa shape index (κ3) is 5.58. The molecule has 0 heterocycles. The van der Waals surface area contributed by atoms with E-state index in [0.29, 0.717) is 0 Å². The predicted octanol–water partition coefficient (Wildman–Crippen LogP) is 1.64. The molecule has 0 aliphatic rings. The second kappa shape index (κ2) is 7.86. The molecule has 0 radical (unpaired) electrons. The van der Waals surface area contributed by atoms with Crippen LogP contribution < -0.4 is 10.6 Å². The van der Waals surface area contributed by atoms with Crippen LogP contribution in [0.1, 0.15) is 24.9 Å². The normalized spacial score (nSPS) is 13.3. The summed E-state index contributed by atoms with van der Waals surface area (Å²) in [6.07, 6.45) is -1.49. The summed E-state index contributed by atoms with van der Waals surface area (Å²) in [5.74, 6) is -1.30. The SMILES string of the molecule is CC(NC(=O)NCC[C@H](O)C(=O)O)c1cccc(Br)c1. The molecule has 20 heavy (non-hydrogen) atoms. The van der Waals surface area contributed by atoms with Crippen LogP contribution in [0.5, 0.6) is 0 Å². The minimum atomic E-state index is -1.46. The van der Waals surface area contributed by atoms with Gasteiger partial charge in [-0.15, -0.1) is 0 Å². The van der Waals surface area contributed by atoms with Crippen molar-refractivity contribution in [2.24, 2.45) is 0 Å². The molecule has 0 aliphatic heterocycles. The van der Waals surface area contributed by atoms with Crippen molar-refractivity contribution >= 4 is 27.9 Å². The Bertz CT molecular complexity index is 481. The third-order valence-electron chi connectivity index (χ3n) is 2.68. The summed E-state index contributed by atoms with van der Waals surface area (Å²) < 4.78 is 0.925. The molecule has 0 saturated carbocycles. The Morgan fingerprint density at radius 1 is 1.40 bits per heavy atom. The fraction of sp³-hybridized carbons (Fsp3) is 0.385. The Balaban J connectivity index is 2.37. The number of nitrogens with one attached hydrogen (secondary N) is 2. The summed E-state index contributed by atoms with van der Waals surface area (Å²) in [5, 5.41) is 22.8. The maximum Gasteiger partial charge on any atom is 0.332 e. The molecule has 1 rings (SSSR count). The molecule has 0 aliphatic carbocycles. The van der Waals surface area contributed by atoms with E-state index in [4.69, 9.17) is 10.2 Å². The van der Waals surface area contributed by atoms with E-state index in [2.05, 4.69) is 26.6 Å². The molecule has 7 heteroatoms. The highest BCUT2D eigenvalue weighted by Gasteiger charge is 2.14. The highest BCUT2D eigenvalue weighted by atomic mass is 79.9. The van der Waals surface area contributed by atoms with Gasteiger partial charge in [0.25, 0.3) is 0 Å². The van der Waals surface area contributed by atoms with Gasteiger partial charge in [-0.25, -0.2) is 9.59 Å². The van der Waals surface area contributed by atoms with E-state index in [-0.39, 0.29) is 19.0 Å². The lowest BCUT2D eigenvalue weighted by atomic mass is 10.1. The number of carbonyl (C=O) groups excluding carboxylic acids is 1. The van der Waals surface area contributed by atoms with E-state index in [1.807, 2.05) is 31.2 Å². The number of urea groups is 1. The van der Waals surface area contributed by atoms with Crippen molar-refractivity contribution in [3.63, 3.8) is 0 Å². The molecule has 0 saturated heterocycles. The highest BCUT2D eigenvalue weighted by Crippen LogP contribution is 2.17. The van der Waals surface area contributed by atoms with Crippen LogP contribution in [-0.4, -0.2) is 34.9 Å². The fourth-order valence-electron chi connectivity index (χ4n) is 1.55. The zero-order valence-corrected chi connectivity index (χ0v) is 12.6. The van der Waals surface area contributed by atoms with Gasteiger partial charge in [0.1, 0.15) is 0 Å². The van der Waals surface area contributed by atoms with Crippen molar-refractivity contribution in [2.45, 2.75) is 25.5 Å². The smallest absolute Gasteiger partial charge is 0.332 e. The van der Waals surface area contributed by atoms with Gasteiger partial charge < -0.3 is 20.8 Å². The van der Waals surface area contributed by atoms with Crippen molar-refractivity contribution in [2.75, 3.05) is 6.54 Å². The molecular formula is C13H17BrN2O4. The van der Waals surface area contributed by atoms with Crippen molar-refractivity contribution in [3.8, 4) is 0 Å². The molecule has 0 spiro atoms. The van der Waals surface area contributed by atoms with E-state index < -0.39 is 18.1 Å². The lowest BCUT2D eigenvalue weighted by Gasteiger charge is -2.15. The molecule has 4 N–H and O–H groups in total. The number of amides is 2. The zero-order valence-electron chi connectivity index (χ0n) is 11.0. The van der Waals surface area contributed by atoms with Gasteiger partial charge in [-0.2, -0.15) is 0 Å². The number of carboxylic acid groups (broad SMARTS) is 1. The Morgan fingerprint density at radius 3 is 2.70 bits per heavy atom. The first kappa shape index (κ1) is 16.5. The number of benzene rings is 1. The lowest BCUT2D eigenvalue weighted by molar-refractivity contribution is -0.146. The lowest BCUT2D eigenvalue weighted by Crippen LogP contribution is -2.39. The quantitative estimate of drug-likeness (QED) is 0.630. The summed E-state index contributed by atoms with van der Waals surface area (Å²) in [5.41, 5.74) is 0.945. The van der Waals surface area contributed by atoms with Gasteiger partial charge in [-0.3, -0.25) is 0 Å². The van der Waals surface area contributed by atoms with Gasteiger partial charge in [-0.05, 0) is 24.6 Å². The topological polar surface area (TPSA) is 98.7 Å². The second-order valence-electron chi connectivity index (χ2n) is 4.32. The summed E-state index contributed by atoms with van der Waals surface area (Å²) in [6, 6.07) is 6.97. The number of aliphatic hydroxyl groups excluding tert-OH is 1. The van der Waals surface area contributed by atoms with E-state index in [1.165, 1.54) is 0 Å². The molecule has 2 atom stereocenters. The van der Waals surface area contributed by atoms with Gasteiger partial charge >= 0.3 is 12.0 Å². The summed E-state index contributed by atoms with van der Waals surface area (Å²) >= 11 is 3.36. The van der Waals surface area contributed by atoms with Crippen molar-refractivity contribution in [3.05, 3.63) is 34.3 Å². The molecule has 1 aromatic carbocycles. The molecule has 0 bridgehead atoms. The number of carboxylic acids is 1. The average molecular weight is 345 g/mol. The first-order valence-electron chi connectivity index (χ1n) is 6.11. The van der Waals surface area contributed by atoms with Gasteiger partial charge in [0.15, 0.2) is 6.10 Å². The number of rotatable bonds is 6. The molecular weight excluding hydrogens is 328 g/mol. The number of aliphatic hydroxyl groups is 1. The third-order valence-corrected chi connectivity index (χ3v) is 3.18. The van der Waals surface area contributed by atoms with Crippen LogP contribution in [0, 0.1) is 0 Å². The summed E-state index contributed by atoms with van der Waals surface area (Å²) in [7, 11) is 0. The maximum atomic E-state index is 11.6. The van der Waals surface area contributed by atoms with Crippen LogP contribution in [0.3, 0.4) is 0 Å². The van der Waals surface area contributed by atoms with Crippen molar-refractivity contribution < 1.29 is 19.8 Å². The predicted molar refractivity (Wildman–Crippen MR) is 77.4 cm³/mol. The van der Waals surface area contributed by atoms with E-state index in [0.717, 1.165) is 10.0 Å². The largest absolute Gasteiger partial charge is 0.479 e. The molecule has 0 fully saturated rings. The second-order valence-corrected chi connectivity index (χ2v) is 5.24. The van der Waals surface area contributed by atoms with Crippen LogP contribution >= 0.6 is 15.9 Å². The molecule has 110 valence electrons. The highest BCUT2D eigenvalue weighted by molar-refractivity contribution is 9.10. The Labute approximate surface area is 125 Å². The number of halogens is 1. The number of aliphatic carboxylic acids is 1. The molecule has 6 nitrogen and oxygen atoms in total. The monoisotopic (exact) mass is 344 g/mol. The van der Waals surface area contributed by atoms with Crippen LogP contribution in [0.15, 0.2) is 28.7 Å². The number of carbonyl (C=O) groups is 2.